The van der Waals surface area contributed by atoms with Gasteiger partial charge in [-0.3, -0.25) is 19.6 Å². The van der Waals surface area contributed by atoms with Crippen molar-refractivity contribution in [3.63, 3.8) is 0 Å². The second-order valence-electron chi connectivity index (χ2n) is 3.43. The van der Waals surface area contributed by atoms with Crippen LogP contribution in [-0.2, 0) is 27.7 Å². The number of phosphoric acid groups is 2. The molecule has 12 nitrogen and oxygen atoms in total. The Balaban J connectivity index is 3.23. The minimum Gasteiger partial charge on any atom is -0.445 e. The molecule has 0 bridgehead atoms. The number of esters is 1. The van der Waals surface area contributed by atoms with E-state index in [1.165, 1.54) is 0 Å². The number of carbonyl (C=O) groups is 1. The molecule has 0 radical (unpaired) electrons. The van der Waals surface area contributed by atoms with Gasteiger partial charge in [-0.1, -0.05) is 0 Å². The van der Waals surface area contributed by atoms with Crippen LogP contribution in [0, 0.1) is 0 Å². The fourth-order valence-corrected chi connectivity index (χ4v) is 2.07. The monoisotopic (exact) mass is 336 g/mol. The summed E-state index contributed by atoms with van der Waals surface area (Å²) in [5.41, 5.74) is 0. The molecular weight excluding hydrogens is 326 g/mol. The summed E-state index contributed by atoms with van der Waals surface area (Å²) < 4.78 is 33.7. The highest BCUT2D eigenvalue weighted by Crippen LogP contribution is 2.47. The van der Waals surface area contributed by atoms with Crippen molar-refractivity contribution in [2.45, 2.75) is 12.2 Å². The Morgan fingerprint density at radius 2 is 1.65 bits per heavy atom. The lowest BCUT2D eigenvalue weighted by molar-refractivity contribution is -0.147. The Morgan fingerprint density at radius 3 is 2.05 bits per heavy atom. The van der Waals surface area contributed by atoms with Crippen molar-refractivity contribution in [2.24, 2.45) is 0 Å². The number of cyclic esters (lactones) is 1. The summed E-state index contributed by atoms with van der Waals surface area (Å²) in [4.78, 5) is 45.8. The predicted molar refractivity (Wildman–Crippen MR) is 56.3 cm³/mol. The van der Waals surface area contributed by atoms with Gasteiger partial charge < -0.3 is 24.0 Å². The molecule has 1 aliphatic rings. The van der Waals surface area contributed by atoms with E-state index in [-0.39, 0.29) is 0 Å². The van der Waals surface area contributed by atoms with Crippen LogP contribution >= 0.6 is 15.6 Å². The van der Waals surface area contributed by atoms with Crippen molar-refractivity contribution in [1.29, 1.82) is 0 Å². The van der Waals surface area contributed by atoms with Crippen molar-refractivity contribution in [3.05, 3.63) is 11.5 Å². The molecule has 1 heterocycles. The van der Waals surface area contributed by atoms with Crippen molar-refractivity contribution >= 4 is 21.6 Å². The minimum atomic E-state index is -5.26. The van der Waals surface area contributed by atoms with Crippen LogP contribution in [0.1, 0.15) is 0 Å². The van der Waals surface area contributed by atoms with Gasteiger partial charge in [-0.25, -0.2) is 13.9 Å². The smallest absolute Gasteiger partial charge is 0.445 e. The third kappa shape index (κ3) is 4.54. The van der Waals surface area contributed by atoms with Crippen LogP contribution in [-0.4, -0.2) is 54.6 Å². The first kappa shape index (κ1) is 17.1. The lowest BCUT2D eigenvalue weighted by Crippen LogP contribution is -2.32. The largest absolute Gasteiger partial charge is 0.525 e. The normalized spacial score (nSPS) is 21.7. The van der Waals surface area contributed by atoms with Crippen LogP contribution in [0.2, 0.25) is 0 Å². The molecule has 0 saturated heterocycles. The first-order valence-corrected chi connectivity index (χ1v) is 7.75. The molecule has 0 unspecified atom stereocenters. The third-order valence-corrected chi connectivity index (χ3v) is 2.72. The molecule has 1 aliphatic heterocycles. The summed E-state index contributed by atoms with van der Waals surface area (Å²) in [7, 11) is -10.5. The molecule has 0 aromatic carbocycles. The summed E-state index contributed by atoms with van der Waals surface area (Å²) >= 11 is 0. The van der Waals surface area contributed by atoms with E-state index in [4.69, 9.17) is 24.7 Å². The number of phosphoric ester groups is 2. The van der Waals surface area contributed by atoms with E-state index in [0.29, 0.717) is 0 Å². The number of carbonyl (C=O) groups excluding carboxylic acids is 1. The lowest BCUT2D eigenvalue weighted by Gasteiger charge is -2.18. The van der Waals surface area contributed by atoms with E-state index in [9.17, 15) is 19.0 Å². The second-order valence-corrected chi connectivity index (χ2v) is 5.76. The van der Waals surface area contributed by atoms with Crippen molar-refractivity contribution in [1.82, 2.24) is 0 Å². The molecule has 0 spiro atoms. The molecule has 0 saturated carbocycles. The zero-order chi connectivity index (χ0) is 15.7. The minimum absolute atomic E-state index is 0.991. The highest BCUT2D eigenvalue weighted by atomic mass is 31.2. The number of hydrogen-bond donors (Lipinski definition) is 6. The average molecular weight is 336 g/mol. The Hall–Kier alpha value is -0.970. The molecule has 1 rings (SSSR count). The van der Waals surface area contributed by atoms with Crippen LogP contribution < -0.4 is 0 Å². The molecule has 2 atom stereocenters. The van der Waals surface area contributed by atoms with E-state index in [1.54, 1.807) is 0 Å². The SMILES string of the molecule is O=C1O[C@H]([C@@H](O)CO)C(OP(=O)(O)O)=C1OP(=O)(O)O. The van der Waals surface area contributed by atoms with Gasteiger partial charge in [0.25, 0.3) is 5.76 Å². The van der Waals surface area contributed by atoms with Gasteiger partial charge in [0.05, 0.1) is 6.61 Å². The van der Waals surface area contributed by atoms with Gasteiger partial charge in [0.2, 0.25) is 5.76 Å². The van der Waals surface area contributed by atoms with Gasteiger partial charge in [-0.05, 0) is 0 Å². The zero-order valence-electron chi connectivity index (χ0n) is 9.39. The van der Waals surface area contributed by atoms with E-state index in [2.05, 4.69) is 13.8 Å². The Labute approximate surface area is 110 Å². The van der Waals surface area contributed by atoms with Gasteiger partial charge in [-0.15, -0.1) is 0 Å². The fraction of sp³-hybridized carbons (Fsp3) is 0.500. The molecule has 14 heteroatoms. The lowest BCUT2D eigenvalue weighted by atomic mass is 10.2. The maximum absolute atomic E-state index is 11.3. The van der Waals surface area contributed by atoms with E-state index >= 15 is 0 Å². The highest BCUT2D eigenvalue weighted by Gasteiger charge is 2.46. The summed E-state index contributed by atoms with van der Waals surface area (Å²) in [6.07, 6.45) is -3.74. The standard InChI is InChI=1S/C6H10O12P2/c7-1-2(8)3-4(17-19(10,11)12)5(6(9)16-3)18-20(13,14)15/h2-3,7-8H,1H2,(H2,10,11,12)(H2,13,14,15)/t2-,3+/m0/s1. The fourth-order valence-electron chi connectivity index (χ4n) is 1.22. The molecule has 20 heavy (non-hydrogen) atoms. The molecule has 0 aromatic heterocycles. The van der Waals surface area contributed by atoms with E-state index in [0.717, 1.165) is 0 Å². The van der Waals surface area contributed by atoms with Gasteiger partial charge >= 0.3 is 21.6 Å². The van der Waals surface area contributed by atoms with Gasteiger partial charge in [0.15, 0.2) is 6.10 Å². The van der Waals surface area contributed by atoms with Gasteiger partial charge in [0.1, 0.15) is 6.10 Å². The van der Waals surface area contributed by atoms with Crippen molar-refractivity contribution in [2.75, 3.05) is 6.61 Å². The molecule has 0 amide bonds. The first-order valence-electron chi connectivity index (χ1n) is 4.69. The topological polar surface area (TPSA) is 200 Å². The van der Waals surface area contributed by atoms with E-state index < -0.39 is 51.9 Å². The maximum atomic E-state index is 11.3. The molecule has 0 aliphatic carbocycles. The number of aliphatic hydroxyl groups is 2. The van der Waals surface area contributed by atoms with Crippen molar-refractivity contribution < 1.29 is 57.5 Å². The quantitative estimate of drug-likeness (QED) is 0.224. The molecule has 6 N–H and O–H groups in total. The molecule has 0 fully saturated rings. The Morgan fingerprint density at radius 1 is 1.15 bits per heavy atom. The highest BCUT2D eigenvalue weighted by molar-refractivity contribution is 7.46. The van der Waals surface area contributed by atoms with Crippen LogP contribution in [0.4, 0.5) is 0 Å². The van der Waals surface area contributed by atoms with Crippen LogP contribution in [0.3, 0.4) is 0 Å². The molecular formula is C6H10O12P2. The molecule has 116 valence electrons. The van der Waals surface area contributed by atoms with Crippen LogP contribution in [0.5, 0.6) is 0 Å². The van der Waals surface area contributed by atoms with E-state index in [1.807, 2.05) is 0 Å². The number of ether oxygens (including phenoxy) is 1. The summed E-state index contributed by atoms with van der Waals surface area (Å²) in [6, 6.07) is 0. The van der Waals surface area contributed by atoms with Gasteiger partial charge in [0, 0.05) is 0 Å². The summed E-state index contributed by atoms with van der Waals surface area (Å²) in [6.45, 7) is -0.991. The van der Waals surface area contributed by atoms with Crippen LogP contribution in [0.15, 0.2) is 11.5 Å². The maximum Gasteiger partial charge on any atom is 0.525 e. The Kier molecular flexibility index (Phi) is 4.95. The second kappa shape index (κ2) is 5.80. The summed E-state index contributed by atoms with van der Waals surface area (Å²) in [5.74, 6) is -3.97. The third-order valence-electron chi connectivity index (χ3n) is 1.87. The summed E-state index contributed by atoms with van der Waals surface area (Å²) in [5, 5.41) is 18.0. The number of hydrogen-bond acceptors (Lipinski definition) is 8. The zero-order valence-corrected chi connectivity index (χ0v) is 11.2. The Bertz CT molecular complexity index is 512. The number of rotatable bonds is 6. The number of aliphatic hydroxyl groups excluding tert-OH is 2. The van der Waals surface area contributed by atoms with Gasteiger partial charge in [-0.2, -0.15) is 0 Å². The first-order chi connectivity index (χ1) is 8.94. The average Bonchev–Trinajstić information content (AvgIpc) is 2.52. The predicted octanol–water partition coefficient (Wildman–Crippen LogP) is -2.30. The van der Waals surface area contributed by atoms with Crippen LogP contribution in [0.25, 0.3) is 0 Å². The van der Waals surface area contributed by atoms with Crippen molar-refractivity contribution in [3.8, 4) is 0 Å². The molecule has 0 aromatic rings.